The minimum atomic E-state index is 0.303. The van der Waals surface area contributed by atoms with Gasteiger partial charge in [-0.3, -0.25) is 0 Å². The van der Waals surface area contributed by atoms with Gasteiger partial charge >= 0.3 is 0 Å². The maximum Gasteiger partial charge on any atom is 0.163 e. The molecule has 1 aromatic heterocycles. The second kappa shape index (κ2) is 6.60. The molecule has 110 valence electrons. The zero-order valence-corrected chi connectivity index (χ0v) is 13.1. The van der Waals surface area contributed by atoms with E-state index in [4.69, 9.17) is 22.7 Å². The lowest BCUT2D eigenvalue weighted by Gasteiger charge is -2.15. The second-order valence-electron chi connectivity index (χ2n) is 4.71. The van der Waals surface area contributed by atoms with E-state index in [1.165, 1.54) is 0 Å². The van der Waals surface area contributed by atoms with E-state index in [1.807, 2.05) is 38.1 Å². The number of nitrogens with two attached hydrogens (primary N) is 1. The Balaban J connectivity index is 2.45. The molecule has 0 spiro atoms. The molecule has 0 saturated carbocycles. The van der Waals surface area contributed by atoms with Gasteiger partial charge in [0.25, 0.3) is 0 Å². The van der Waals surface area contributed by atoms with E-state index in [1.54, 1.807) is 7.11 Å². The molecule has 0 aliphatic rings. The lowest BCUT2D eigenvalue weighted by atomic mass is 10.1. The van der Waals surface area contributed by atoms with E-state index in [0.29, 0.717) is 17.4 Å². The van der Waals surface area contributed by atoms with Crippen molar-refractivity contribution in [1.29, 1.82) is 0 Å². The molecule has 0 unspecified atom stereocenters. The molecule has 0 atom stereocenters. The quantitative estimate of drug-likeness (QED) is 0.827. The number of para-hydroxylation sites is 1. The number of nitrogens with one attached hydrogen (secondary N) is 1. The Bertz CT molecular complexity index is 673. The number of benzene rings is 1. The first-order valence-corrected chi connectivity index (χ1v) is 6.93. The third-order valence-corrected chi connectivity index (χ3v) is 3.48. The zero-order valence-electron chi connectivity index (χ0n) is 12.3. The molecule has 0 aliphatic carbocycles. The fourth-order valence-corrected chi connectivity index (χ4v) is 2.30. The van der Waals surface area contributed by atoms with Gasteiger partial charge in [-0.15, -0.1) is 5.10 Å². The summed E-state index contributed by atoms with van der Waals surface area (Å²) in [5.41, 5.74) is 10.2. The maximum atomic E-state index is 5.83. The van der Waals surface area contributed by atoms with Crippen LogP contribution in [-0.2, 0) is 11.3 Å². The summed E-state index contributed by atoms with van der Waals surface area (Å²) in [5.74, 6) is 0.564. The molecule has 2 aromatic rings. The lowest BCUT2D eigenvalue weighted by molar-refractivity contribution is 0.185. The minimum Gasteiger partial charge on any atom is -0.389 e. The summed E-state index contributed by atoms with van der Waals surface area (Å²) >= 11 is 5.14. The molecule has 0 fully saturated rings. The van der Waals surface area contributed by atoms with Gasteiger partial charge in [0, 0.05) is 18.4 Å². The number of nitrogens with zero attached hydrogens (tertiary/aromatic N) is 2. The third kappa shape index (κ3) is 3.34. The topological polar surface area (TPSA) is 73.1 Å². The molecule has 2 rings (SSSR count). The third-order valence-electron chi connectivity index (χ3n) is 3.27. The first-order chi connectivity index (χ1) is 10.0. The van der Waals surface area contributed by atoms with Crippen molar-refractivity contribution in [2.45, 2.75) is 20.5 Å². The van der Waals surface area contributed by atoms with Crippen LogP contribution in [0.3, 0.4) is 0 Å². The van der Waals surface area contributed by atoms with Crippen molar-refractivity contribution in [3.63, 3.8) is 0 Å². The standard InChI is InChI=1S/C15H18N4OS/c1-9-10(2)18-19-15(13(9)14(16)21)17-12-7-5-4-6-11(12)8-20-3/h4-7H,8H2,1-3H3,(H2,16,21)(H,17,19). The second-order valence-corrected chi connectivity index (χ2v) is 5.15. The largest absolute Gasteiger partial charge is 0.389 e. The number of methoxy groups -OCH3 is 1. The Morgan fingerprint density at radius 2 is 2.00 bits per heavy atom. The number of ether oxygens (including phenoxy) is 1. The van der Waals surface area contributed by atoms with Crippen LogP contribution in [0.4, 0.5) is 11.5 Å². The zero-order chi connectivity index (χ0) is 15.4. The van der Waals surface area contributed by atoms with Crippen LogP contribution in [0.15, 0.2) is 24.3 Å². The van der Waals surface area contributed by atoms with E-state index in [9.17, 15) is 0 Å². The summed E-state index contributed by atoms with van der Waals surface area (Å²) < 4.78 is 5.20. The van der Waals surface area contributed by atoms with Crippen LogP contribution in [0.5, 0.6) is 0 Å². The number of rotatable bonds is 5. The van der Waals surface area contributed by atoms with Gasteiger partial charge in [0.05, 0.1) is 17.9 Å². The summed E-state index contributed by atoms with van der Waals surface area (Å²) in [6.45, 7) is 4.32. The Labute approximate surface area is 129 Å². The minimum absolute atomic E-state index is 0.303. The van der Waals surface area contributed by atoms with Gasteiger partial charge in [0.15, 0.2) is 5.82 Å². The average molecular weight is 302 g/mol. The van der Waals surface area contributed by atoms with Crippen LogP contribution in [0, 0.1) is 13.8 Å². The highest BCUT2D eigenvalue weighted by Gasteiger charge is 2.14. The van der Waals surface area contributed by atoms with Gasteiger partial charge in [-0.25, -0.2) is 0 Å². The first kappa shape index (κ1) is 15.3. The highest BCUT2D eigenvalue weighted by atomic mass is 32.1. The number of hydrogen-bond donors (Lipinski definition) is 2. The maximum absolute atomic E-state index is 5.83. The van der Waals surface area contributed by atoms with Gasteiger partial charge in [0.2, 0.25) is 0 Å². The first-order valence-electron chi connectivity index (χ1n) is 6.52. The van der Waals surface area contributed by atoms with Crippen molar-refractivity contribution >= 4 is 28.7 Å². The Morgan fingerprint density at radius 1 is 1.29 bits per heavy atom. The molecule has 6 heteroatoms. The van der Waals surface area contributed by atoms with Crippen LogP contribution < -0.4 is 11.1 Å². The Kier molecular flexibility index (Phi) is 4.82. The number of aryl methyl sites for hydroxylation is 1. The van der Waals surface area contributed by atoms with Crippen LogP contribution in [0.1, 0.15) is 22.4 Å². The lowest BCUT2D eigenvalue weighted by Crippen LogP contribution is -2.17. The van der Waals surface area contributed by atoms with E-state index in [2.05, 4.69) is 15.5 Å². The molecule has 0 amide bonds. The predicted octanol–water partition coefficient (Wildman–Crippen LogP) is 2.62. The van der Waals surface area contributed by atoms with Gasteiger partial charge in [-0.1, -0.05) is 30.4 Å². The molecule has 0 bridgehead atoms. The predicted molar refractivity (Wildman–Crippen MR) is 87.8 cm³/mol. The SMILES string of the molecule is COCc1ccccc1Nc1nnc(C)c(C)c1C(N)=S. The van der Waals surface area contributed by atoms with Crippen LogP contribution in [0.2, 0.25) is 0 Å². The van der Waals surface area contributed by atoms with Crippen molar-refractivity contribution in [2.24, 2.45) is 5.73 Å². The number of anilines is 2. The number of aromatic nitrogens is 2. The highest BCUT2D eigenvalue weighted by molar-refractivity contribution is 7.80. The molecule has 3 N–H and O–H groups in total. The summed E-state index contributed by atoms with van der Waals surface area (Å²) in [5, 5.41) is 11.6. The van der Waals surface area contributed by atoms with E-state index in [-0.39, 0.29) is 0 Å². The molecule has 21 heavy (non-hydrogen) atoms. The monoisotopic (exact) mass is 302 g/mol. The Morgan fingerprint density at radius 3 is 2.67 bits per heavy atom. The molecule has 0 aliphatic heterocycles. The summed E-state index contributed by atoms with van der Waals surface area (Å²) in [6, 6.07) is 7.84. The summed E-state index contributed by atoms with van der Waals surface area (Å²) in [7, 11) is 1.66. The Hall–Kier alpha value is -2.05. The fourth-order valence-electron chi connectivity index (χ4n) is 2.05. The molecule has 1 heterocycles. The fraction of sp³-hybridized carbons (Fsp3) is 0.267. The normalized spacial score (nSPS) is 10.4. The van der Waals surface area contributed by atoms with Crippen LogP contribution >= 0.6 is 12.2 Å². The molecule has 0 saturated heterocycles. The number of thiocarbonyl (C=S) groups is 1. The summed E-state index contributed by atoms with van der Waals surface area (Å²) in [4.78, 5) is 0.303. The van der Waals surface area contributed by atoms with E-state index in [0.717, 1.165) is 28.1 Å². The smallest absolute Gasteiger partial charge is 0.163 e. The molecule has 1 aromatic carbocycles. The van der Waals surface area contributed by atoms with Crippen LogP contribution in [0.25, 0.3) is 0 Å². The van der Waals surface area contributed by atoms with Crippen molar-refractivity contribution in [3.8, 4) is 0 Å². The molecule has 0 radical (unpaired) electrons. The van der Waals surface area contributed by atoms with E-state index < -0.39 is 0 Å². The number of hydrogen-bond acceptors (Lipinski definition) is 5. The van der Waals surface area contributed by atoms with Crippen molar-refractivity contribution in [1.82, 2.24) is 10.2 Å². The van der Waals surface area contributed by atoms with Crippen molar-refractivity contribution < 1.29 is 4.74 Å². The molecular weight excluding hydrogens is 284 g/mol. The summed E-state index contributed by atoms with van der Waals surface area (Å²) in [6.07, 6.45) is 0. The average Bonchev–Trinajstić information content (AvgIpc) is 2.45. The van der Waals surface area contributed by atoms with Crippen molar-refractivity contribution in [3.05, 3.63) is 46.6 Å². The van der Waals surface area contributed by atoms with Gasteiger partial charge in [-0.05, 0) is 25.5 Å². The van der Waals surface area contributed by atoms with Gasteiger partial charge < -0.3 is 15.8 Å². The van der Waals surface area contributed by atoms with Crippen molar-refractivity contribution in [2.75, 3.05) is 12.4 Å². The van der Waals surface area contributed by atoms with E-state index >= 15 is 0 Å². The van der Waals surface area contributed by atoms with Crippen LogP contribution in [-0.4, -0.2) is 22.3 Å². The van der Waals surface area contributed by atoms with Gasteiger partial charge in [0.1, 0.15) is 4.99 Å². The molecular formula is C15H18N4OS. The highest BCUT2D eigenvalue weighted by Crippen LogP contribution is 2.25. The van der Waals surface area contributed by atoms with Gasteiger partial charge in [-0.2, -0.15) is 5.10 Å². The molecule has 5 nitrogen and oxygen atoms in total.